The lowest BCUT2D eigenvalue weighted by Gasteiger charge is -2.07. The number of nitrogens with zero attached hydrogens (tertiary/aromatic N) is 1. The second-order valence-electron chi connectivity index (χ2n) is 4.51. The number of hydrogen-bond donors (Lipinski definition) is 2. The maximum atomic E-state index is 11.3. The van der Waals surface area contributed by atoms with Crippen LogP contribution in [-0.4, -0.2) is 30.7 Å². The van der Waals surface area contributed by atoms with Crippen LogP contribution in [0.1, 0.15) is 16.1 Å². The Labute approximate surface area is 122 Å². The van der Waals surface area contributed by atoms with Crippen LogP contribution >= 0.6 is 0 Å². The highest BCUT2D eigenvalue weighted by Gasteiger charge is 2.06. The van der Waals surface area contributed by atoms with Gasteiger partial charge in [-0.05, 0) is 35.9 Å². The number of nitrogens with one attached hydrogen (secondary N) is 1. The Balaban J connectivity index is 2.01. The molecule has 0 amide bonds. The van der Waals surface area contributed by atoms with Crippen molar-refractivity contribution in [2.75, 3.05) is 11.6 Å². The van der Waals surface area contributed by atoms with Gasteiger partial charge in [0.2, 0.25) is 0 Å². The summed E-state index contributed by atoms with van der Waals surface area (Å²) in [6, 6.07) is 9.53. The molecule has 0 bridgehead atoms. The van der Waals surface area contributed by atoms with Crippen LogP contribution in [0.15, 0.2) is 47.5 Å². The zero-order chi connectivity index (χ0) is 15.5. The molecule has 0 spiro atoms. The van der Waals surface area contributed by atoms with Crippen molar-refractivity contribution in [3.05, 3.63) is 53.9 Å². The Morgan fingerprint density at radius 1 is 1.19 bits per heavy atom. The minimum Gasteiger partial charge on any atom is -0.477 e. The lowest BCUT2D eigenvalue weighted by Crippen LogP contribution is -2.04. The average molecular weight is 306 g/mol. The first-order valence-electron chi connectivity index (χ1n) is 6.08. The summed E-state index contributed by atoms with van der Waals surface area (Å²) in [5.74, 6) is -1.06. The van der Waals surface area contributed by atoms with Crippen LogP contribution in [-0.2, 0) is 16.4 Å². The highest BCUT2D eigenvalue weighted by molar-refractivity contribution is 7.90. The van der Waals surface area contributed by atoms with E-state index >= 15 is 0 Å². The molecule has 1 aromatic heterocycles. The highest BCUT2D eigenvalue weighted by atomic mass is 32.2. The molecule has 0 atom stereocenters. The summed E-state index contributed by atoms with van der Waals surface area (Å²) in [7, 11) is -3.19. The molecule has 6 nitrogen and oxygen atoms in total. The number of pyridine rings is 1. The molecule has 0 unspecified atom stereocenters. The van der Waals surface area contributed by atoms with E-state index in [-0.39, 0.29) is 10.6 Å². The molecular weight excluding hydrogens is 292 g/mol. The fraction of sp³-hybridized carbons (Fsp3) is 0.143. The van der Waals surface area contributed by atoms with Crippen LogP contribution in [0.5, 0.6) is 0 Å². The zero-order valence-electron chi connectivity index (χ0n) is 11.3. The Morgan fingerprint density at radius 3 is 2.33 bits per heavy atom. The topological polar surface area (TPSA) is 96.4 Å². The van der Waals surface area contributed by atoms with Gasteiger partial charge in [0.25, 0.3) is 0 Å². The number of aromatic nitrogens is 1. The van der Waals surface area contributed by atoms with E-state index in [0.29, 0.717) is 6.54 Å². The van der Waals surface area contributed by atoms with Gasteiger partial charge in [0.1, 0.15) is 5.69 Å². The van der Waals surface area contributed by atoms with Crippen molar-refractivity contribution in [2.45, 2.75) is 11.4 Å². The van der Waals surface area contributed by atoms with E-state index in [9.17, 15) is 13.2 Å². The predicted octanol–water partition coefficient (Wildman–Crippen LogP) is 1.80. The number of carbonyl (C=O) groups is 1. The molecule has 0 aliphatic heterocycles. The van der Waals surface area contributed by atoms with Crippen molar-refractivity contribution < 1.29 is 18.3 Å². The van der Waals surface area contributed by atoms with Gasteiger partial charge in [0.05, 0.1) is 4.90 Å². The van der Waals surface area contributed by atoms with Crippen molar-refractivity contribution in [1.29, 1.82) is 0 Å². The highest BCUT2D eigenvalue weighted by Crippen LogP contribution is 2.14. The van der Waals surface area contributed by atoms with E-state index in [0.717, 1.165) is 17.5 Å². The molecule has 2 N–H and O–H groups in total. The minimum atomic E-state index is -3.19. The van der Waals surface area contributed by atoms with E-state index in [4.69, 9.17) is 5.11 Å². The average Bonchev–Trinajstić information content (AvgIpc) is 2.45. The summed E-state index contributed by atoms with van der Waals surface area (Å²) in [5.41, 5.74) is 1.59. The number of anilines is 1. The van der Waals surface area contributed by atoms with Crippen molar-refractivity contribution >= 4 is 21.5 Å². The van der Waals surface area contributed by atoms with Gasteiger partial charge in [-0.15, -0.1) is 0 Å². The molecule has 21 heavy (non-hydrogen) atoms. The summed E-state index contributed by atoms with van der Waals surface area (Å²) < 4.78 is 22.7. The van der Waals surface area contributed by atoms with Gasteiger partial charge < -0.3 is 10.4 Å². The van der Waals surface area contributed by atoms with E-state index in [1.54, 1.807) is 18.2 Å². The third kappa shape index (κ3) is 4.03. The number of benzene rings is 1. The zero-order valence-corrected chi connectivity index (χ0v) is 12.1. The van der Waals surface area contributed by atoms with Gasteiger partial charge in [0, 0.05) is 24.7 Å². The molecule has 0 saturated heterocycles. The van der Waals surface area contributed by atoms with Crippen LogP contribution in [0.25, 0.3) is 0 Å². The first-order valence-corrected chi connectivity index (χ1v) is 7.97. The second kappa shape index (κ2) is 5.92. The molecule has 1 heterocycles. The summed E-state index contributed by atoms with van der Waals surface area (Å²) in [5, 5.41) is 11.9. The fourth-order valence-corrected chi connectivity index (χ4v) is 2.31. The van der Waals surface area contributed by atoms with Crippen LogP contribution in [0.4, 0.5) is 5.69 Å². The normalized spacial score (nSPS) is 11.1. The Morgan fingerprint density at radius 2 is 1.86 bits per heavy atom. The molecule has 2 rings (SSSR count). The first-order chi connectivity index (χ1) is 9.86. The molecule has 110 valence electrons. The molecule has 0 fully saturated rings. The summed E-state index contributed by atoms with van der Waals surface area (Å²) in [4.78, 5) is 14.8. The monoisotopic (exact) mass is 306 g/mol. The van der Waals surface area contributed by atoms with Crippen LogP contribution in [0.2, 0.25) is 0 Å². The van der Waals surface area contributed by atoms with Crippen LogP contribution in [0.3, 0.4) is 0 Å². The largest absolute Gasteiger partial charge is 0.477 e. The number of carboxylic acids is 1. The maximum absolute atomic E-state index is 11.3. The number of hydrogen-bond acceptors (Lipinski definition) is 5. The quantitative estimate of drug-likeness (QED) is 0.874. The van der Waals surface area contributed by atoms with E-state index in [1.165, 1.54) is 24.4 Å². The molecule has 0 aliphatic rings. The first kappa shape index (κ1) is 15.0. The number of aromatic carboxylic acids is 1. The molecule has 0 saturated carbocycles. The lowest BCUT2D eigenvalue weighted by molar-refractivity contribution is 0.0690. The standard InChI is InChI=1S/C14H14N2O4S/c1-21(19,20)12-5-3-11(4-6-12)15-8-10-2-7-13(14(17)18)16-9-10/h2-7,9,15H,8H2,1H3,(H,17,18). The molecule has 0 radical (unpaired) electrons. The van der Waals surface area contributed by atoms with E-state index < -0.39 is 15.8 Å². The third-order valence-corrected chi connectivity index (χ3v) is 3.95. The van der Waals surface area contributed by atoms with Crippen molar-refractivity contribution in [3.63, 3.8) is 0 Å². The molecular formula is C14H14N2O4S. The van der Waals surface area contributed by atoms with Crippen molar-refractivity contribution in [1.82, 2.24) is 4.98 Å². The van der Waals surface area contributed by atoms with Crippen molar-refractivity contribution in [3.8, 4) is 0 Å². The van der Waals surface area contributed by atoms with Crippen molar-refractivity contribution in [2.24, 2.45) is 0 Å². The smallest absolute Gasteiger partial charge is 0.354 e. The van der Waals surface area contributed by atoms with Gasteiger partial charge >= 0.3 is 5.97 Å². The van der Waals surface area contributed by atoms with Crippen LogP contribution < -0.4 is 5.32 Å². The third-order valence-electron chi connectivity index (χ3n) is 2.82. The summed E-state index contributed by atoms with van der Waals surface area (Å²) in [6.45, 7) is 0.463. The Hall–Kier alpha value is -2.41. The Kier molecular flexibility index (Phi) is 4.23. The molecule has 2 aromatic rings. The molecule has 0 aliphatic carbocycles. The van der Waals surface area contributed by atoms with Crippen LogP contribution in [0, 0.1) is 0 Å². The minimum absolute atomic E-state index is 0.00347. The van der Waals surface area contributed by atoms with E-state index in [2.05, 4.69) is 10.3 Å². The SMILES string of the molecule is CS(=O)(=O)c1ccc(NCc2ccc(C(=O)O)nc2)cc1. The lowest BCUT2D eigenvalue weighted by atomic mass is 10.2. The number of rotatable bonds is 5. The van der Waals surface area contributed by atoms with E-state index in [1.807, 2.05) is 0 Å². The fourth-order valence-electron chi connectivity index (χ4n) is 1.68. The second-order valence-corrected chi connectivity index (χ2v) is 6.52. The summed E-state index contributed by atoms with van der Waals surface area (Å²) in [6.07, 6.45) is 2.65. The van der Waals surface area contributed by atoms with Gasteiger partial charge in [0.15, 0.2) is 9.84 Å². The molecule has 1 aromatic carbocycles. The van der Waals surface area contributed by atoms with Gasteiger partial charge in [-0.2, -0.15) is 0 Å². The Bertz CT molecular complexity index is 738. The number of carboxylic acid groups (broad SMARTS) is 1. The predicted molar refractivity (Wildman–Crippen MR) is 78.1 cm³/mol. The number of sulfone groups is 1. The van der Waals surface area contributed by atoms with Gasteiger partial charge in [-0.1, -0.05) is 6.07 Å². The van der Waals surface area contributed by atoms with Gasteiger partial charge in [-0.25, -0.2) is 18.2 Å². The maximum Gasteiger partial charge on any atom is 0.354 e. The molecule has 7 heteroatoms. The summed E-state index contributed by atoms with van der Waals surface area (Å²) >= 11 is 0. The van der Waals surface area contributed by atoms with Gasteiger partial charge in [-0.3, -0.25) is 0 Å².